The fourth-order valence-electron chi connectivity index (χ4n) is 2.13. The molecule has 0 aliphatic rings. The highest BCUT2D eigenvalue weighted by Gasteiger charge is 2.30. The minimum absolute atomic E-state index is 0.0245. The Labute approximate surface area is 120 Å². The van der Waals surface area contributed by atoms with Crippen molar-refractivity contribution in [2.75, 3.05) is 11.9 Å². The van der Waals surface area contributed by atoms with Crippen LogP contribution >= 0.6 is 23.8 Å². The highest BCUT2D eigenvalue weighted by Crippen LogP contribution is 2.33. The Bertz CT molecular complexity index is 403. The standard InChI is InChI=1S/C14H21ClN2S/c1-3-14(4-2,9-10-16)13(18)17-12-8-6-5-7-11(12)15/h5-8H,3-4,9-10,16H2,1-2H3,(H,17,18). The predicted octanol–water partition coefficient (Wildman–Crippen LogP) is 4.23. The molecular weight excluding hydrogens is 264 g/mol. The minimum atomic E-state index is -0.0245. The zero-order valence-corrected chi connectivity index (χ0v) is 12.6. The van der Waals surface area contributed by atoms with E-state index in [1.807, 2.05) is 24.3 Å². The molecule has 0 bridgehead atoms. The SMILES string of the molecule is CCC(CC)(CCN)C(=S)Nc1ccccc1Cl. The van der Waals surface area contributed by atoms with Crippen LogP contribution in [-0.4, -0.2) is 11.5 Å². The number of rotatable bonds is 6. The Morgan fingerprint density at radius 1 is 1.33 bits per heavy atom. The van der Waals surface area contributed by atoms with Crippen LogP contribution in [0.15, 0.2) is 24.3 Å². The van der Waals surface area contributed by atoms with Crippen molar-refractivity contribution in [1.29, 1.82) is 0 Å². The van der Waals surface area contributed by atoms with Gasteiger partial charge >= 0.3 is 0 Å². The number of halogens is 1. The number of nitrogens with one attached hydrogen (secondary N) is 1. The molecule has 0 amide bonds. The zero-order valence-electron chi connectivity index (χ0n) is 11.0. The van der Waals surface area contributed by atoms with E-state index < -0.39 is 0 Å². The van der Waals surface area contributed by atoms with Gasteiger partial charge in [0.25, 0.3) is 0 Å². The van der Waals surface area contributed by atoms with Gasteiger partial charge in [0.2, 0.25) is 0 Å². The maximum Gasteiger partial charge on any atom is 0.0860 e. The van der Waals surface area contributed by atoms with Crippen LogP contribution in [-0.2, 0) is 0 Å². The predicted molar refractivity (Wildman–Crippen MR) is 84.4 cm³/mol. The van der Waals surface area contributed by atoms with Gasteiger partial charge in [0.05, 0.1) is 15.7 Å². The van der Waals surface area contributed by atoms with Crippen molar-refractivity contribution < 1.29 is 0 Å². The van der Waals surface area contributed by atoms with Crippen LogP contribution in [0, 0.1) is 5.41 Å². The van der Waals surface area contributed by atoms with Crippen molar-refractivity contribution in [1.82, 2.24) is 0 Å². The third kappa shape index (κ3) is 3.44. The van der Waals surface area contributed by atoms with Gasteiger partial charge < -0.3 is 11.1 Å². The second-order valence-corrected chi connectivity index (χ2v) is 5.28. The first-order valence-corrected chi connectivity index (χ1v) is 7.14. The van der Waals surface area contributed by atoms with E-state index >= 15 is 0 Å². The van der Waals surface area contributed by atoms with Crippen molar-refractivity contribution in [3.8, 4) is 0 Å². The molecule has 1 aromatic carbocycles. The summed E-state index contributed by atoms with van der Waals surface area (Å²) in [7, 11) is 0. The fourth-order valence-corrected chi connectivity index (χ4v) is 2.82. The first-order chi connectivity index (χ1) is 8.59. The summed E-state index contributed by atoms with van der Waals surface area (Å²) >= 11 is 11.7. The smallest absolute Gasteiger partial charge is 0.0860 e. The van der Waals surface area contributed by atoms with Crippen LogP contribution in [0.1, 0.15) is 33.1 Å². The number of nitrogens with two attached hydrogens (primary N) is 1. The molecule has 3 N–H and O–H groups in total. The fraction of sp³-hybridized carbons (Fsp3) is 0.500. The maximum atomic E-state index is 6.14. The first kappa shape index (κ1) is 15.4. The van der Waals surface area contributed by atoms with Crippen LogP contribution in [0.3, 0.4) is 0 Å². The molecule has 1 rings (SSSR count). The van der Waals surface area contributed by atoms with E-state index in [4.69, 9.17) is 29.6 Å². The van der Waals surface area contributed by atoms with Gasteiger partial charge in [-0.1, -0.05) is 49.8 Å². The Balaban J connectivity index is 2.89. The molecule has 18 heavy (non-hydrogen) atoms. The number of para-hydroxylation sites is 1. The second kappa shape index (κ2) is 7.07. The van der Waals surface area contributed by atoms with Crippen LogP contribution < -0.4 is 11.1 Å². The van der Waals surface area contributed by atoms with Gasteiger partial charge in [0, 0.05) is 5.41 Å². The van der Waals surface area contributed by atoms with Gasteiger partial charge in [-0.15, -0.1) is 0 Å². The molecule has 0 spiro atoms. The van der Waals surface area contributed by atoms with Crippen LogP contribution in [0.4, 0.5) is 5.69 Å². The lowest BCUT2D eigenvalue weighted by atomic mass is 9.79. The molecule has 0 saturated carbocycles. The summed E-state index contributed by atoms with van der Waals surface area (Å²) in [5, 5.41) is 3.97. The molecule has 0 fully saturated rings. The molecule has 0 unspecified atom stereocenters. The third-order valence-corrected chi connectivity index (χ3v) is 4.44. The summed E-state index contributed by atoms with van der Waals surface area (Å²) in [5.41, 5.74) is 6.56. The molecule has 4 heteroatoms. The molecule has 0 aliphatic heterocycles. The molecule has 0 aromatic heterocycles. The van der Waals surface area contributed by atoms with Gasteiger partial charge in [-0.3, -0.25) is 0 Å². The van der Waals surface area contributed by atoms with E-state index in [0.717, 1.165) is 29.9 Å². The maximum absolute atomic E-state index is 6.14. The Morgan fingerprint density at radius 2 is 1.94 bits per heavy atom. The number of hydrogen-bond donors (Lipinski definition) is 2. The van der Waals surface area contributed by atoms with E-state index in [1.54, 1.807) is 0 Å². The van der Waals surface area contributed by atoms with Gasteiger partial charge in [0.1, 0.15) is 0 Å². The second-order valence-electron chi connectivity index (χ2n) is 4.46. The molecule has 0 saturated heterocycles. The number of hydrogen-bond acceptors (Lipinski definition) is 2. The van der Waals surface area contributed by atoms with Crippen LogP contribution in [0.5, 0.6) is 0 Å². The van der Waals surface area contributed by atoms with Crippen molar-refractivity contribution in [3.63, 3.8) is 0 Å². The molecule has 0 heterocycles. The van der Waals surface area contributed by atoms with E-state index in [-0.39, 0.29) is 5.41 Å². The molecule has 0 radical (unpaired) electrons. The summed E-state index contributed by atoms with van der Waals surface area (Å²) in [5.74, 6) is 0. The average Bonchev–Trinajstić information content (AvgIpc) is 2.38. The average molecular weight is 285 g/mol. The number of benzene rings is 1. The molecular formula is C14H21ClN2S. The Morgan fingerprint density at radius 3 is 2.44 bits per heavy atom. The quantitative estimate of drug-likeness (QED) is 0.768. The lowest BCUT2D eigenvalue weighted by Gasteiger charge is -2.32. The molecule has 1 aromatic rings. The lowest BCUT2D eigenvalue weighted by molar-refractivity contribution is 0.368. The minimum Gasteiger partial charge on any atom is -0.348 e. The van der Waals surface area contributed by atoms with Gasteiger partial charge in [-0.25, -0.2) is 0 Å². The molecule has 0 atom stereocenters. The van der Waals surface area contributed by atoms with Gasteiger partial charge in [0.15, 0.2) is 0 Å². The Hall–Kier alpha value is -0.640. The topological polar surface area (TPSA) is 38.0 Å². The summed E-state index contributed by atoms with van der Waals surface area (Å²) < 4.78 is 0. The number of thiocarbonyl (C=S) groups is 1. The molecule has 0 aliphatic carbocycles. The monoisotopic (exact) mass is 284 g/mol. The van der Waals surface area contributed by atoms with Crippen molar-refractivity contribution in [2.24, 2.45) is 11.1 Å². The van der Waals surface area contributed by atoms with E-state index in [1.165, 1.54) is 0 Å². The van der Waals surface area contributed by atoms with E-state index in [0.29, 0.717) is 11.6 Å². The zero-order chi connectivity index (χ0) is 13.6. The molecule has 2 nitrogen and oxygen atoms in total. The lowest BCUT2D eigenvalue weighted by Crippen LogP contribution is -2.35. The van der Waals surface area contributed by atoms with Crippen molar-refractivity contribution in [3.05, 3.63) is 29.3 Å². The summed E-state index contributed by atoms with van der Waals surface area (Å²) in [6.45, 7) is 4.95. The largest absolute Gasteiger partial charge is 0.348 e. The highest BCUT2D eigenvalue weighted by atomic mass is 35.5. The highest BCUT2D eigenvalue weighted by molar-refractivity contribution is 7.80. The Kier molecular flexibility index (Phi) is 6.06. The summed E-state index contributed by atoms with van der Waals surface area (Å²) in [4.78, 5) is 0.839. The van der Waals surface area contributed by atoms with Crippen molar-refractivity contribution >= 4 is 34.5 Å². The molecule has 100 valence electrons. The van der Waals surface area contributed by atoms with Crippen LogP contribution in [0.2, 0.25) is 5.02 Å². The van der Waals surface area contributed by atoms with Gasteiger partial charge in [-0.05, 0) is 37.9 Å². The first-order valence-electron chi connectivity index (χ1n) is 6.35. The van der Waals surface area contributed by atoms with Gasteiger partial charge in [-0.2, -0.15) is 0 Å². The van der Waals surface area contributed by atoms with E-state index in [2.05, 4.69) is 19.2 Å². The van der Waals surface area contributed by atoms with E-state index in [9.17, 15) is 0 Å². The van der Waals surface area contributed by atoms with Crippen LogP contribution in [0.25, 0.3) is 0 Å². The van der Waals surface area contributed by atoms with Crippen molar-refractivity contribution in [2.45, 2.75) is 33.1 Å². The summed E-state index contributed by atoms with van der Waals surface area (Å²) in [6, 6.07) is 7.64. The third-order valence-electron chi connectivity index (χ3n) is 3.58. The number of anilines is 1. The normalized spacial score (nSPS) is 11.3. The summed E-state index contributed by atoms with van der Waals surface area (Å²) in [6.07, 6.45) is 2.87.